The Bertz CT molecular complexity index is 290. The van der Waals surface area contributed by atoms with Crippen LogP contribution < -0.4 is 0 Å². The van der Waals surface area contributed by atoms with Gasteiger partial charge in [0, 0.05) is 0 Å². The molecule has 2 aliphatic rings. The van der Waals surface area contributed by atoms with Gasteiger partial charge in [0.15, 0.2) is 0 Å². The van der Waals surface area contributed by atoms with Gasteiger partial charge in [0.1, 0.15) is 0 Å². The monoisotopic (exact) mass is 208 g/mol. The average molecular weight is 208 g/mol. The minimum absolute atomic E-state index is 0.216. The maximum atomic E-state index is 8.98. The zero-order valence-corrected chi connectivity index (χ0v) is 10.5. The van der Waals surface area contributed by atoms with Crippen LogP contribution in [0.1, 0.15) is 47.0 Å². The summed E-state index contributed by atoms with van der Waals surface area (Å²) in [6, 6.07) is 0. The van der Waals surface area contributed by atoms with E-state index in [1.807, 2.05) is 6.92 Å². The molecule has 0 aromatic carbocycles. The van der Waals surface area contributed by atoms with E-state index in [-0.39, 0.29) is 6.61 Å². The van der Waals surface area contributed by atoms with Crippen LogP contribution in [0.15, 0.2) is 11.6 Å². The molecule has 1 nitrogen and oxygen atoms in total. The van der Waals surface area contributed by atoms with Crippen molar-refractivity contribution in [3.05, 3.63) is 11.6 Å². The molecule has 0 saturated heterocycles. The van der Waals surface area contributed by atoms with Crippen molar-refractivity contribution >= 4 is 0 Å². The molecule has 15 heavy (non-hydrogen) atoms. The predicted molar refractivity (Wildman–Crippen MR) is 63.6 cm³/mol. The summed E-state index contributed by atoms with van der Waals surface area (Å²) in [5.41, 5.74) is 2.24. The van der Waals surface area contributed by atoms with Crippen molar-refractivity contribution in [1.82, 2.24) is 0 Å². The molecule has 1 heteroatoms. The molecule has 3 atom stereocenters. The highest BCUT2D eigenvalue weighted by Gasteiger charge is 2.66. The molecule has 0 heterocycles. The Morgan fingerprint density at radius 2 is 2.07 bits per heavy atom. The summed E-state index contributed by atoms with van der Waals surface area (Å²) in [7, 11) is 0. The lowest BCUT2D eigenvalue weighted by Gasteiger charge is -2.35. The Morgan fingerprint density at radius 1 is 1.40 bits per heavy atom. The minimum Gasteiger partial charge on any atom is -0.392 e. The third-order valence-corrected chi connectivity index (χ3v) is 5.47. The molecule has 0 aromatic rings. The third-order valence-electron chi connectivity index (χ3n) is 5.47. The van der Waals surface area contributed by atoms with Crippen LogP contribution in [0, 0.1) is 22.7 Å². The van der Waals surface area contributed by atoms with Crippen LogP contribution in [0.4, 0.5) is 0 Å². The highest BCUT2D eigenvalue weighted by Crippen LogP contribution is 2.74. The standard InChI is InChI=1S/C14H24O/c1-10(9-15)5-6-11-7-12-8-14(12,4)13(11,2)3/h5,11-12,15H,6-9H2,1-4H3/b10-5-/t11-,12+,14-/m0/s1. The predicted octanol–water partition coefficient (Wildman–Crippen LogP) is 3.39. The van der Waals surface area contributed by atoms with Crippen molar-refractivity contribution in [3.8, 4) is 0 Å². The van der Waals surface area contributed by atoms with Crippen LogP contribution in [0.2, 0.25) is 0 Å². The molecule has 2 rings (SSSR count). The normalized spacial score (nSPS) is 42.9. The van der Waals surface area contributed by atoms with E-state index in [0.29, 0.717) is 10.8 Å². The fourth-order valence-corrected chi connectivity index (χ4v) is 3.49. The Kier molecular flexibility index (Phi) is 2.50. The third kappa shape index (κ3) is 1.56. The number of aliphatic hydroxyl groups excluding tert-OH is 1. The van der Waals surface area contributed by atoms with Crippen LogP contribution in [0.5, 0.6) is 0 Å². The first kappa shape index (κ1) is 11.2. The molecule has 1 N–H and O–H groups in total. The Balaban J connectivity index is 2.02. The lowest BCUT2D eigenvalue weighted by molar-refractivity contribution is 0.150. The fraction of sp³-hybridized carbons (Fsp3) is 0.857. The van der Waals surface area contributed by atoms with Crippen molar-refractivity contribution in [3.63, 3.8) is 0 Å². The first-order chi connectivity index (χ1) is 6.91. The summed E-state index contributed by atoms with van der Waals surface area (Å²) >= 11 is 0. The van der Waals surface area contributed by atoms with Gasteiger partial charge in [0.25, 0.3) is 0 Å². The Morgan fingerprint density at radius 3 is 2.53 bits per heavy atom. The lowest BCUT2D eigenvalue weighted by atomic mass is 9.70. The number of allylic oxidation sites excluding steroid dienone is 1. The highest BCUT2D eigenvalue weighted by atomic mass is 16.3. The van der Waals surface area contributed by atoms with Crippen molar-refractivity contribution < 1.29 is 5.11 Å². The van der Waals surface area contributed by atoms with Gasteiger partial charge in [-0.3, -0.25) is 0 Å². The zero-order chi connectivity index (χ0) is 11.3. The lowest BCUT2D eigenvalue weighted by Crippen LogP contribution is -2.27. The molecule has 2 aliphatic carbocycles. The molecule has 0 aliphatic heterocycles. The van der Waals surface area contributed by atoms with Gasteiger partial charge in [-0.25, -0.2) is 0 Å². The molecule has 2 fully saturated rings. The van der Waals surface area contributed by atoms with Crippen molar-refractivity contribution in [2.24, 2.45) is 22.7 Å². The molecular weight excluding hydrogens is 184 g/mol. The first-order valence-electron chi connectivity index (χ1n) is 6.18. The van der Waals surface area contributed by atoms with Crippen LogP contribution >= 0.6 is 0 Å². The van der Waals surface area contributed by atoms with Crippen molar-refractivity contribution in [1.29, 1.82) is 0 Å². The maximum absolute atomic E-state index is 8.98. The van der Waals surface area contributed by atoms with E-state index in [2.05, 4.69) is 26.8 Å². The van der Waals surface area contributed by atoms with E-state index in [1.165, 1.54) is 12.8 Å². The fourth-order valence-electron chi connectivity index (χ4n) is 3.49. The van der Waals surface area contributed by atoms with Gasteiger partial charge in [-0.05, 0) is 48.9 Å². The average Bonchev–Trinajstić information content (AvgIpc) is 2.80. The summed E-state index contributed by atoms with van der Waals surface area (Å²) in [5.74, 6) is 1.81. The highest BCUT2D eigenvalue weighted by molar-refractivity contribution is 5.17. The van der Waals surface area contributed by atoms with Gasteiger partial charge in [0.05, 0.1) is 6.61 Å². The largest absolute Gasteiger partial charge is 0.392 e. The van der Waals surface area contributed by atoms with Gasteiger partial charge < -0.3 is 5.11 Å². The van der Waals surface area contributed by atoms with Crippen LogP contribution in [-0.4, -0.2) is 11.7 Å². The summed E-state index contributed by atoms with van der Waals surface area (Å²) in [4.78, 5) is 0. The van der Waals surface area contributed by atoms with E-state index in [1.54, 1.807) is 0 Å². The van der Waals surface area contributed by atoms with Gasteiger partial charge in [-0.15, -0.1) is 0 Å². The maximum Gasteiger partial charge on any atom is 0.0639 e. The van der Waals surface area contributed by atoms with Crippen molar-refractivity contribution in [2.45, 2.75) is 47.0 Å². The van der Waals surface area contributed by atoms with E-state index in [0.717, 1.165) is 23.8 Å². The summed E-state index contributed by atoms with van der Waals surface area (Å²) < 4.78 is 0. The number of aliphatic hydroxyl groups is 1. The molecule has 0 radical (unpaired) electrons. The molecule has 0 unspecified atom stereocenters. The first-order valence-corrected chi connectivity index (χ1v) is 6.18. The molecule has 0 spiro atoms. The van der Waals surface area contributed by atoms with Gasteiger partial charge in [-0.2, -0.15) is 0 Å². The van der Waals surface area contributed by atoms with E-state index >= 15 is 0 Å². The smallest absolute Gasteiger partial charge is 0.0639 e. The van der Waals surface area contributed by atoms with Crippen LogP contribution in [0.3, 0.4) is 0 Å². The Labute approximate surface area is 93.6 Å². The number of fused-ring (bicyclic) bond motifs is 1. The molecule has 0 bridgehead atoms. The second-order valence-corrected chi connectivity index (χ2v) is 6.42. The van der Waals surface area contributed by atoms with Crippen LogP contribution in [0.25, 0.3) is 0 Å². The van der Waals surface area contributed by atoms with Crippen LogP contribution in [-0.2, 0) is 0 Å². The van der Waals surface area contributed by atoms with Gasteiger partial charge in [-0.1, -0.05) is 32.4 Å². The second kappa shape index (κ2) is 3.35. The molecular formula is C14H24O. The summed E-state index contributed by atoms with van der Waals surface area (Å²) in [5, 5.41) is 8.98. The summed E-state index contributed by atoms with van der Waals surface area (Å²) in [6.45, 7) is 9.57. The van der Waals surface area contributed by atoms with E-state index in [4.69, 9.17) is 5.11 Å². The summed E-state index contributed by atoms with van der Waals surface area (Å²) in [6.07, 6.45) is 6.24. The SMILES string of the molecule is C/C(=C/C[C@H]1C[C@@H]2C[C@]2(C)C1(C)C)CO. The molecule has 0 aromatic heterocycles. The Hall–Kier alpha value is -0.300. The van der Waals surface area contributed by atoms with E-state index in [9.17, 15) is 0 Å². The van der Waals surface area contributed by atoms with Crippen molar-refractivity contribution in [2.75, 3.05) is 6.61 Å². The molecule has 0 amide bonds. The quantitative estimate of drug-likeness (QED) is 0.705. The number of hydrogen-bond donors (Lipinski definition) is 1. The van der Waals surface area contributed by atoms with Gasteiger partial charge >= 0.3 is 0 Å². The van der Waals surface area contributed by atoms with E-state index < -0.39 is 0 Å². The topological polar surface area (TPSA) is 20.2 Å². The molecule has 86 valence electrons. The number of rotatable bonds is 3. The van der Waals surface area contributed by atoms with Gasteiger partial charge in [0.2, 0.25) is 0 Å². The molecule has 2 saturated carbocycles. The minimum atomic E-state index is 0.216. The number of hydrogen-bond acceptors (Lipinski definition) is 1. The zero-order valence-electron chi connectivity index (χ0n) is 10.5. The second-order valence-electron chi connectivity index (χ2n) is 6.42.